The first-order chi connectivity index (χ1) is 21.4. The highest BCUT2D eigenvalue weighted by Crippen LogP contribution is 2.35. The van der Waals surface area contributed by atoms with Crippen molar-refractivity contribution >= 4 is 46.6 Å². The highest BCUT2D eigenvalue weighted by molar-refractivity contribution is 7.07. The van der Waals surface area contributed by atoms with Gasteiger partial charge in [0.2, 0.25) is 0 Å². The van der Waals surface area contributed by atoms with Crippen LogP contribution in [0.2, 0.25) is 5.02 Å². The second-order valence-corrected chi connectivity index (χ2v) is 11.2. The van der Waals surface area contributed by atoms with Gasteiger partial charge in [0, 0.05) is 22.2 Å². The number of methoxy groups -OCH3 is 1. The van der Waals surface area contributed by atoms with Crippen LogP contribution in [0.3, 0.4) is 0 Å². The molecule has 0 aliphatic carbocycles. The number of hydrogen-bond acceptors (Lipinski definition) is 8. The summed E-state index contributed by atoms with van der Waals surface area (Å²) in [4.78, 5) is 44.9. The van der Waals surface area contributed by atoms with Gasteiger partial charge in [0.15, 0.2) is 4.80 Å². The first-order valence-electron chi connectivity index (χ1n) is 13.7. The summed E-state index contributed by atoms with van der Waals surface area (Å²) >= 11 is 7.39. The van der Waals surface area contributed by atoms with Crippen LogP contribution in [0.25, 0.3) is 23.1 Å². The molecule has 0 amide bonds. The number of aromatic nitrogens is 1. The predicted octanol–water partition coefficient (Wildman–Crippen LogP) is 5.64. The number of fused-ring (bicyclic) bond motifs is 1. The third-order valence-corrected chi connectivity index (χ3v) is 8.26. The third kappa shape index (κ3) is 5.55. The molecule has 0 bridgehead atoms. The molecule has 8 nitrogen and oxygen atoms in total. The molecule has 3 aromatic carbocycles. The molecular weight excluding hydrogens is 600 g/mol. The lowest BCUT2D eigenvalue weighted by molar-refractivity contribution is -0.138. The van der Waals surface area contributed by atoms with Gasteiger partial charge in [-0.05, 0) is 48.9 Å². The highest BCUT2D eigenvalue weighted by atomic mass is 35.5. The fraction of sp³-hybridized carbons (Fsp3) is 0.118. The van der Waals surface area contributed by atoms with Crippen molar-refractivity contribution < 1.29 is 23.5 Å². The maximum atomic E-state index is 14.1. The molecule has 3 heterocycles. The minimum atomic E-state index is -0.812. The number of ether oxygens (including phenoxy) is 2. The van der Waals surface area contributed by atoms with Gasteiger partial charge < -0.3 is 13.9 Å². The molecule has 2 aromatic heterocycles. The Morgan fingerprint density at radius 2 is 1.73 bits per heavy atom. The van der Waals surface area contributed by atoms with Crippen molar-refractivity contribution in [2.45, 2.75) is 13.0 Å². The van der Waals surface area contributed by atoms with Gasteiger partial charge in [0.05, 0.1) is 41.1 Å². The van der Waals surface area contributed by atoms with Crippen molar-refractivity contribution in [1.82, 2.24) is 4.57 Å². The fourth-order valence-corrected chi connectivity index (χ4v) is 6.14. The van der Waals surface area contributed by atoms with Crippen LogP contribution in [0, 0.1) is 0 Å². The minimum absolute atomic E-state index is 0.158. The molecule has 0 saturated heterocycles. The number of benzene rings is 3. The maximum absolute atomic E-state index is 14.1. The average molecular weight is 625 g/mol. The van der Waals surface area contributed by atoms with Crippen molar-refractivity contribution in [2.24, 2.45) is 4.99 Å². The van der Waals surface area contributed by atoms with Gasteiger partial charge in [0.25, 0.3) is 5.56 Å². The topological polar surface area (TPSA) is 100 Å². The molecule has 0 radical (unpaired) electrons. The lowest BCUT2D eigenvalue weighted by atomic mass is 9.93. The Kier molecular flexibility index (Phi) is 8.15. The summed E-state index contributed by atoms with van der Waals surface area (Å²) in [5.74, 6) is -0.0596. The number of rotatable bonds is 7. The lowest BCUT2D eigenvalue weighted by Gasteiger charge is -2.25. The van der Waals surface area contributed by atoms with E-state index in [2.05, 4.69) is 0 Å². The Bertz CT molecular complexity index is 2090. The standard InChI is InChI=1S/C34H25ClN2O6S/c1-3-42-33(40)28-29(20-8-5-4-6-9-20)36-34-37(30(28)21-12-14-24(35)15-13-21)31(38)27(44-34)19-25-16-17-26(43-25)22-10-7-11-23(18-22)32(39)41-2/h4-19,30H,3H2,1-2H3/b27-19-. The molecule has 0 N–H and O–H groups in total. The number of thiazole rings is 1. The molecule has 0 saturated carbocycles. The van der Waals surface area contributed by atoms with Crippen LogP contribution in [-0.2, 0) is 14.3 Å². The molecule has 220 valence electrons. The van der Waals surface area contributed by atoms with Crippen LogP contribution in [0.5, 0.6) is 0 Å². The summed E-state index contributed by atoms with van der Waals surface area (Å²) in [5.41, 5.74) is 2.82. The minimum Gasteiger partial charge on any atom is -0.465 e. The van der Waals surface area contributed by atoms with Crippen molar-refractivity contribution in [2.75, 3.05) is 13.7 Å². The maximum Gasteiger partial charge on any atom is 0.338 e. The summed E-state index contributed by atoms with van der Waals surface area (Å²) in [6.07, 6.45) is 1.65. The molecule has 0 fully saturated rings. The van der Waals surface area contributed by atoms with Gasteiger partial charge >= 0.3 is 11.9 Å². The van der Waals surface area contributed by atoms with E-state index in [1.807, 2.05) is 36.4 Å². The molecule has 0 spiro atoms. The van der Waals surface area contributed by atoms with E-state index in [1.165, 1.54) is 23.0 Å². The van der Waals surface area contributed by atoms with Gasteiger partial charge in [-0.1, -0.05) is 77.5 Å². The Balaban J connectivity index is 1.52. The first kappa shape index (κ1) is 29.1. The summed E-state index contributed by atoms with van der Waals surface area (Å²) in [6, 6.07) is 25.9. The number of furan rings is 1. The molecule has 1 aliphatic rings. The van der Waals surface area contributed by atoms with Crippen LogP contribution in [0.1, 0.15) is 40.2 Å². The van der Waals surface area contributed by atoms with Crippen molar-refractivity contribution in [3.05, 3.63) is 144 Å². The molecule has 1 unspecified atom stereocenters. The molecule has 5 aromatic rings. The Morgan fingerprint density at radius 3 is 2.45 bits per heavy atom. The van der Waals surface area contributed by atoms with Crippen molar-refractivity contribution in [3.63, 3.8) is 0 Å². The number of esters is 2. The van der Waals surface area contributed by atoms with E-state index in [0.717, 1.165) is 5.56 Å². The van der Waals surface area contributed by atoms with E-state index >= 15 is 0 Å². The summed E-state index contributed by atoms with van der Waals surface area (Å²) in [6.45, 7) is 1.89. The van der Waals surface area contributed by atoms with Crippen LogP contribution in [0.4, 0.5) is 0 Å². The van der Waals surface area contributed by atoms with Crippen LogP contribution >= 0.6 is 22.9 Å². The van der Waals surface area contributed by atoms with E-state index < -0.39 is 18.0 Å². The zero-order chi connectivity index (χ0) is 30.8. The Labute approximate surface area is 260 Å². The van der Waals surface area contributed by atoms with Crippen molar-refractivity contribution in [1.29, 1.82) is 0 Å². The van der Waals surface area contributed by atoms with E-state index in [-0.39, 0.29) is 17.7 Å². The molecule has 10 heteroatoms. The van der Waals surface area contributed by atoms with Gasteiger partial charge in [0.1, 0.15) is 11.5 Å². The quantitative estimate of drug-likeness (QED) is 0.218. The Morgan fingerprint density at radius 1 is 0.977 bits per heavy atom. The summed E-state index contributed by atoms with van der Waals surface area (Å²) in [7, 11) is 1.33. The highest BCUT2D eigenvalue weighted by Gasteiger charge is 2.35. The van der Waals surface area contributed by atoms with Crippen molar-refractivity contribution in [3.8, 4) is 11.3 Å². The second-order valence-electron chi connectivity index (χ2n) is 9.76. The van der Waals surface area contributed by atoms with Gasteiger partial charge in [-0.25, -0.2) is 14.6 Å². The number of carbonyl (C=O) groups is 2. The van der Waals surface area contributed by atoms with Crippen LogP contribution < -0.4 is 14.9 Å². The third-order valence-electron chi connectivity index (χ3n) is 7.03. The summed E-state index contributed by atoms with van der Waals surface area (Å²) in [5, 5.41) is 0.525. The number of carbonyl (C=O) groups excluding carboxylic acids is 2. The SMILES string of the molecule is CCOC(=O)C1=C(c2ccccc2)N=c2s/c(=C\c3ccc(-c4cccc(C(=O)OC)c4)o3)c(=O)n2C1c1ccc(Cl)cc1. The lowest BCUT2D eigenvalue weighted by Crippen LogP contribution is -2.39. The normalized spacial score (nSPS) is 14.6. The monoisotopic (exact) mass is 624 g/mol. The number of hydrogen-bond donors (Lipinski definition) is 0. The molecule has 44 heavy (non-hydrogen) atoms. The zero-order valence-corrected chi connectivity index (χ0v) is 25.2. The van der Waals surface area contributed by atoms with Gasteiger partial charge in [-0.3, -0.25) is 9.36 Å². The van der Waals surface area contributed by atoms with E-state index in [0.29, 0.717) is 48.3 Å². The summed E-state index contributed by atoms with van der Waals surface area (Å²) < 4.78 is 18.3. The molecule has 1 aliphatic heterocycles. The smallest absolute Gasteiger partial charge is 0.338 e. The number of nitrogens with zero attached hydrogens (tertiary/aromatic N) is 2. The van der Waals surface area contributed by atoms with Crippen LogP contribution in [-0.4, -0.2) is 30.2 Å². The van der Waals surface area contributed by atoms with E-state index in [9.17, 15) is 14.4 Å². The van der Waals surface area contributed by atoms with Gasteiger partial charge in [-0.2, -0.15) is 0 Å². The average Bonchev–Trinajstić information content (AvgIpc) is 3.65. The van der Waals surface area contributed by atoms with Crippen LogP contribution in [0.15, 0.2) is 111 Å². The fourth-order valence-electron chi connectivity index (χ4n) is 5.03. The zero-order valence-electron chi connectivity index (χ0n) is 23.7. The number of halogens is 1. The largest absolute Gasteiger partial charge is 0.465 e. The molecular formula is C34H25ClN2O6S. The molecule has 1 atom stereocenters. The molecule has 6 rings (SSSR count). The first-order valence-corrected chi connectivity index (χ1v) is 14.9. The van der Waals surface area contributed by atoms with Gasteiger partial charge in [-0.15, -0.1) is 0 Å². The second kappa shape index (κ2) is 12.3. The predicted molar refractivity (Wildman–Crippen MR) is 168 cm³/mol. The Hall–Kier alpha value is -4.99. The van der Waals surface area contributed by atoms with E-state index in [4.69, 9.17) is 30.5 Å². The van der Waals surface area contributed by atoms with E-state index in [1.54, 1.807) is 67.6 Å².